The van der Waals surface area contributed by atoms with Crippen molar-refractivity contribution in [1.82, 2.24) is 19.4 Å². The molecule has 0 bridgehead atoms. The van der Waals surface area contributed by atoms with Crippen molar-refractivity contribution in [2.24, 2.45) is 0 Å². The van der Waals surface area contributed by atoms with E-state index in [1.54, 1.807) is 0 Å². The molecule has 2 heterocycles. The summed E-state index contributed by atoms with van der Waals surface area (Å²) >= 11 is 1.88. The highest BCUT2D eigenvalue weighted by Gasteiger charge is 2.23. The molecule has 0 unspecified atom stereocenters. The van der Waals surface area contributed by atoms with Gasteiger partial charge in [-0.25, -0.2) is 4.98 Å². The normalized spacial score (nSPS) is 20.3. The first-order valence-corrected chi connectivity index (χ1v) is 9.87. The topological polar surface area (TPSA) is 41.4 Å². The van der Waals surface area contributed by atoms with Crippen LogP contribution in [0.5, 0.6) is 0 Å². The fraction of sp³-hybridized carbons (Fsp3) is 0.765. The Morgan fingerprint density at radius 1 is 1.22 bits per heavy atom. The summed E-state index contributed by atoms with van der Waals surface area (Å²) in [6.07, 6.45) is 9.20. The number of carbonyl (C=O) groups excluding carboxylic acids is 1. The van der Waals surface area contributed by atoms with Gasteiger partial charge < -0.3 is 9.47 Å². The molecule has 3 rings (SSSR count). The molecule has 1 aromatic heterocycles. The van der Waals surface area contributed by atoms with E-state index in [1.165, 1.54) is 25.7 Å². The van der Waals surface area contributed by atoms with E-state index in [1.807, 2.05) is 31.1 Å². The Morgan fingerprint density at radius 3 is 2.61 bits per heavy atom. The number of nitrogens with zero attached hydrogens (tertiary/aromatic N) is 4. The zero-order valence-electron chi connectivity index (χ0n) is 14.1. The summed E-state index contributed by atoms with van der Waals surface area (Å²) in [6.45, 7) is 7.81. The van der Waals surface area contributed by atoms with Gasteiger partial charge in [0.05, 0.1) is 5.75 Å². The number of amides is 1. The fourth-order valence-corrected chi connectivity index (χ4v) is 4.67. The molecule has 1 saturated heterocycles. The van der Waals surface area contributed by atoms with E-state index < -0.39 is 0 Å². The quantitative estimate of drug-likeness (QED) is 0.797. The summed E-state index contributed by atoms with van der Waals surface area (Å²) < 4.78 is 2.19. The molecule has 0 atom stereocenters. The lowest BCUT2D eigenvalue weighted by atomic mass is 10.3. The number of hydrogen-bond donors (Lipinski definition) is 0. The molecule has 0 spiro atoms. The predicted octanol–water partition coefficient (Wildman–Crippen LogP) is 2.01. The van der Waals surface area contributed by atoms with Gasteiger partial charge in [-0.1, -0.05) is 12.8 Å². The largest absolute Gasteiger partial charge is 0.339 e. The number of hydrogen-bond acceptors (Lipinski definition) is 4. The molecule has 2 fully saturated rings. The minimum atomic E-state index is 0.340. The van der Waals surface area contributed by atoms with E-state index in [0.717, 1.165) is 50.3 Å². The first-order chi connectivity index (χ1) is 11.2. The van der Waals surface area contributed by atoms with E-state index in [2.05, 4.69) is 19.4 Å². The molecule has 1 aromatic rings. The Bertz CT molecular complexity index is 504. The molecule has 6 heteroatoms. The van der Waals surface area contributed by atoms with Gasteiger partial charge in [0.2, 0.25) is 5.91 Å². The molecular formula is C17H28N4OS. The van der Waals surface area contributed by atoms with Crippen molar-refractivity contribution < 1.29 is 4.79 Å². The Hall–Kier alpha value is -1.01. The number of aryl methyl sites for hydroxylation is 1. The van der Waals surface area contributed by atoms with E-state index in [-0.39, 0.29) is 0 Å². The van der Waals surface area contributed by atoms with Gasteiger partial charge in [0.15, 0.2) is 0 Å². The van der Waals surface area contributed by atoms with Crippen LogP contribution in [0.1, 0.15) is 31.5 Å². The van der Waals surface area contributed by atoms with E-state index >= 15 is 0 Å². The molecule has 0 N–H and O–H groups in total. The van der Waals surface area contributed by atoms with Gasteiger partial charge >= 0.3 is 0 Å². The summed E-state index contributed by atoms with van der Waals surface area (Å²) in [5.41, 5.74) is 0. The molecule has 0 radical (unpaired) electrons. The molecule has 5 nitrogen and oxygen atoms in total. The van der Waals surface area contributed by atoms with Crippen molar-refractivity contribution >= 4 is 17.7 Å². The number of carbonyl (C=O) groups is 1. The third-order valence-corrected chi connectivity index (χ3v) is 6.41. The van der Waals surface area contributed by atoms with Gasteiger partial charge in [0.25, 0.3) is 0 Å². The first kappa shape index (κ1) is 16.8. The Labute approximate surface area is 143 Å². The zero-order valence-corrected chi connectivity index (χ0v) is 14.9. The van der Waals surface area contributed by atoms with Gasteiger partial charge in [-0.2, -0.15) is 0 Å². The maximum absolute atomic E-state index is 12.3. The fourth-order valence-electron chi connectivity index (χ4n) is 3.45. The summed E-state index contributed by atoms with van der Waals surface area (Å²) in [5.74, 6) is 2.09. The van der Waals surface area contributed by atoms with Crippen LogP contribution in [0.4, 0.5) is 0 Å². The zero-order chi connectivity index (χ0) is 16.1. The van der Waals surface area contributed by atoms with Crippen LogP contribution in [-0.4, -0.2) is 69.0 Å². The van der Waals surface area contributed by atoms with Crippen LogP contribution < -0.4 is 0 Å². The van der Waals surface area contributed by atoms with Crippen molar-refractivity contribution in [2.75, 3.05) is 38.5 Å². The minimum absolute atomic E-state index is 0.340. The molecule has 1 aliphatic carbocycles. The SMILES string of the molecule is Cc1nccn1CCN1CCN(C(=O)CSC2CCCC2)CC1. The van der Waals surface area contributed by atoms with Crippen LogP contribution in [0.2, 0.25) is 0 Å². The molecule has 1 aliphatic heterocycles. The highest BCUT2D eigenvalue weighted by Crippen LogP contribution is 2.29. The maximum atomic E-state index is 12.3. The van der Waals surface area contributed by atoms with E-state index in [9.17, 15) is 4.79 Å². The second kappa shape index (κ2) is 8.20. The maximum Gasteiger partial charge on any atom is 0.232 e. The second-order valence-corrected chi connectivity index (χ2v) is 7.90. The average Bonchev–Trinajstić information content (AvgIpc) is 3.23. The van der Waals surface area contributed by atoms with E-state index in [4.69, 9.17) is 0 Å². The highest BCUT2D eigenvalue weighted by molar-refractivity contribution is 8.00. The van der Waals surface area contributed by atoms with Gasteiger partial charge in [-0.3, -0.25) is 9.69 Å². The Morgan fingerprint density at radius 2 is 1.96 bits per heavy atom. The second-order valence-electron chi connectivity index (χ2n) is 6.61. The standard InChI is InChI=1S/C17H28N4OS/c1-15-18-6-7-20(15)11-8-19-9-12-21(13-10-19)17(22)14-23-16-4-2-3-5-16/h6-7,16H,2-5,8-14H2,1H3. The average molecular weight is 337 g/mol. The summed E-state index contributed by atoms with van der Waals surface area (Å²) in [6, 6.07) is 0. The highest BCUT2D eigenvalue weighted by atomic mass is 32.2. The van der Waals surface area contributed by atoms with Gasteiger partial charge in [-0.05, 0) is 19.8 Å². The molecule has 23 heavy (non-hydrogen) atoms. The van der Waals surface area contributed by atoms with Gasteiger partial charge in [0.1, 0.15) is 5.82 Å². The first-order valence-electron chi connectivity index (χ1n) is 8.82. The summed E-state index contributed by atoms with van der Waals surface area (Å²) in [5, 5.41) is 0.735. The Balaban J connectivity index is 1.34. The number of piperazine rings is 1. The van der Waals surface area contributed by atoms with Crippen LogP contribution in [0.25, 0.3) is 0 Å². The van der Waals surface area contributed by atoms with Crippen LogP contribution in [0, 0.1) is 6.92 Å². The van der Waals surface area contributed by atoms with Crippen LogP contribution >= 0.6 is 11.8 Å². The molecule has 0 aromatic carbocycles. The minimum Gasteiger partial charge on any atom is -0.339 e. The Kier molecular flexibility index (Phi) is 6.00. The van der Waals surface area contributed by atoms with Crippen molar-refractivity contribution in [3.05, 3.63) is 18.2 Å². The van der Waals surface area contributed by atoms with Gasteiger partial charge in [0, 0.05) is 56.9 Å². The summed E-state index contributed by atoms with van der Waals surface area (Å²) in [7, 11) is 0. The molecule has 2 aliphatic rings. The van der Waals surface area contributed by atoms with Crippen LogP contribution in [-0.2, 0) is 11.3 Å². The number of rotatable bonds is 6. The summed E-state index contributed by atoms with van der Waals surface area (Å²) in [4.78, 5) is 21.1. The monoisotopic (exact) mass is 336 g/mol. The number of imidazole rings is 1. The number of aromatic nitrogens is 2. The predicted molar refractivity (Wildman–Crippen MR) is 94.7 cm³/mol. The van der Waals surface area contributed by atoms with E-state index in [0.29, 0.717) is 11.7 Å². The lowest BCUT2D eigenvalue weighted by Crippen LogP contribution is -2.49. The smallest absolute Gasteiger partial charge is 0.232 e. The van der Waals surface area contributed by atoms with Crippen molar-refractivity contribution in [2.45, 2.75) is 44.4 Å². The van der Waals surface area contributed by atoms with Crippen molar-refractivity contribution in [3.8, 4) is 0 Å². The van der Waals surface area contributed by atoms with Crippen LogP contribution in [0.3, 0.4) is 0 Å². The molecule has 1 saturated carbocycles. The van der Waals surface area contributed by atoms with Crippen LogP contribution in [0.15, 0.2) is 12.4 Å². The third kappa shape index (κ3) is 4.73. The lowest BCUT2D eigenvalue weighted by molar-refractivity contribution is -0.130. The number of thioether (sulfide) groups is 1. The molecule has 128 valence electrons. The molecule has 1 amide bonds. The van der Waals surface area contributed by atoms with Crippen molar-refractivity contribution in [3.63, 3.8) is 0 Å². The van der Waals surface area contributed by atoms with Gasteiger partial charge in [-0.15, -0.1) is 11.8 Å². The van der Waals surface area contributed by atoms with Crippen molar-refractivity contribution in [1.29, 1.82) is 0 Å². The lowest BCUT2D eigenvalue weighted by Gasteiger charge is -2.35. The molecular weight excluding hydrogens is 308 g/mol. The third-order valence-electron chi connectivity index (χ3n) is 5.05.